The molecule has 0 aromatic carbocycles. The van der Waals surface area contributed by atoms with Crippen LogP contribution in [0.1, 0.15) is 19.8 Å². The Morgan fingerprint density at radius 3 is 2.83 bits per heavy atom. The second-order valence-corrected chi connectivity index (χ2v) is 4.98. The molecule has 1 aliphatic heterocycles. The van der Waals surface area contributed by atoms with Crippen molar-refractivity contribution in [3.05, 3.63) is 0 Å². The van der Waals surface area contributed by atoms with Crippen molar-refractivity contribution in [1.29, 1.82) is 0 Å². The van der Waals surface area contributed by atoms with Crippen molar-refractivity contribution in [2.45, 2.75) is 25.9 Å². The molecule has 0 bridgehead atoms. The van der Waals surface area contributed by atoms with E-state index in [1.165, 1.54) is 0 Å². The Balaban J connectivity index is 2.25. The molecule has 1 rings (SSSR count). The fourth-order valence-corrected chi connectivity index (χ4v) is 1.77. The molecule has 0 aromatic heterocycles. The molecule has 0 aliphatic carbocycles. The molecule has 1 N–H and O–H groups in total. The molecule has 0 radical (unpaired) electrons. The van der Waals surface area contributed by atoms with Gasteiger partial charge in [0.1, 0.15) is 0 Å². The summed E-state index contributed by atoms with van der Waals surface area (Å²) in [5.41, 5.74) is 0. The lowest BCUT2D eigenvalue weighted by Gasteiger charge is -2.09. The summed E-state index contributed by atoms with van der Waals surface area (Å²) in [6.07, 6.45) is 2.09. The zero-order valence-electron chi connectivity index (χ0n) is 7.25. The van der Waals surface area contributed by atoms with Crippen LogP contribution in [-0.2, 0) is 14.8 Å². The topological polar surface area (TPSA) is 55.4 Å². The van der Waals surface area contributed by atoms with Crippen molar-refractivity contribution >= 4 is 10.0 Å². The maximum atomic E-state index is 11.0. The van der Waals surface area contributed by atoms with Gasteiger partial charge in [0.2, 0.25) is 10.0 Å². The summed E-state index contributed by atoms with van der Waals surface area (Å²) in [6, 6.07) is 0. The van der Waals surface area contributed by atoms with Crippen molar-refractivity contribution in [3.8, 4) is 0 Å². The van der Waals surface area contributed by atoms with E-state index in [2.05, 4.69) is 4.72 Å². The highest BCUT2D eigenvalue weighted by Gasteiger charge is 2.17. The minimum absolute atomic E-state index is 0.0892. The molecule has 1 aliphatic rings. The molecule has 72 valence electrons. The van der Waals surface area contributed by atoms with Crippen molar-refractivity contribution in [2.75, 3.05) is 18.9 Å². The van der Waals surface area contributed by atoms with Gasteiger partial charge in [-0.3, -0.25) is 0 Å². The van der Waals surface area contributed by atoms with Crippen molar-refractivity contribution in [1.82, 2.24) is 4.72 Å². The van der Waals surface area contributed by atoms with E-state index in [0.717, 1.165) is 19.4 Å². The standard InChI is InChI=1S/C7H15NO3S/c1-2-12(9,10)8-6-7-4-3-5-11-7/h7-8H,2-6H2,1H3. The first kappa shape index (κ1) is 9.95. The van der Waals surface area contributed by atoms with Crippen LogP contribution >= 0.6 is 0 Å². The zero-order chi connectivity index (χ0) is 9.03. The number of rotatable bonds is 4. The molecule has 0 spiro atoms. The molecule has 5 heteroatoms. The summed E-state index contributed by atoms with van der Waals surface area (Å²) in [5, 5.41) is 0. The van der Waals surface area contributed by atoms with Crippen molar-refractivity contribution in [2.24, 2.45) is 0 Å². The number of ether oxygens (including phenoxy) is 1. The zero-order valence-corrected chi connectivity index (χ0v) is 8.06. The third-order valence-electron chi connectivity index (χ3n) is 1.93. The first-order valence-corrected chi connectivity index (χ1v) is 5.88. The normalized spacial score (nSPS) is 24.6. The van der Waals surface area contributed by atoms with E-state index in [0.29, 0.717) is 6.54 Å². The van der Waals surface area contributed by atoms with Gasteiger partial charge < -0.3 is 4.74 Å². The average molecular weight is 193 g/mol. The number of nitrogens with one attached hydrogen (secondary N) is 1. The molecule has 12 heavy (non-hydrogen) atoms. The predicted molar refractivity (Wildman–Crippen MR) is 46.4 cm³/mol. The van der Waals surface area contributed by atoms with Gasteiger partial charge in [-0.15, -0.1) is 0 Å². The lowest BCUT2D eigenvalue weighted by molar-refractivity contribution is 0.114. The fraction of sp³-hybridized carbons (Fsp3) is 1.00. The lowest BCUT2D eigenvalue weighted by Crippen LogP contribution is -2.32. The molecule has 1 fully saturated rings. The van der Waals surface area contributed by atoms with Gasteiger partial charge in [-0.25, -0.2) is 13.1 Å². The second-order valence-electron chi connectivity index (χ2n) is 2.89. The van der Waals surface area contributed by atoms with Gasteiger partial charge in [0.05, 0.1) is 11.9 Å². The quantitative estimate of drug-likeness (QED) is 0.689. The average Bonchev–Trinajstić information content (AvgIpc) is 2.53. The van der Waals surface area contributed by atoms with E-state index < -0.39 is 10.0 Å². The largest absolute Gasteiger partial charge is 0.377 e. The number of hydrogen-bond acceptors (Lipinski definition) is 3. The van der Waals surface area contributed by atoms with Crippen LogP contribution in [0.15, 0.2) is 0 Å². The van der Waals surface area contributed by atoms with Crippen LogP contribution in [0.4, 0.5) is 0 Å². The highest BCUT2D eigenvalue weighted by Crippen LogP contribution is 2.10. The van der Waals surface area contributed by atoms with Crippen LogP contribution in [0.5, 0.6) is 0 Å². The van der Waals surface area contributed by atoms with E-state index in [1.807, 2.05) is 0 Å². The van der Waals surface area contributed by atoms with E-state index in [-0.39, 0.29) is 11.9 Å². The Bertz CT molecular complexity index is 219. The first-order valence-electron chi connectivity index (χ1n) is 4.23. The summed E-state index contributed by atoms with van der Waals surface area (Å²) in [5.74, 6) is 0.139. The molecule has 0 aromatic rings. The van der Waals surface area contributed by atoms with E-state index in [1.54, 1.807) is 6.92 Å². The molecular formula is C7H15NO3S. The van der Waals surface area contributed by atoms with Crippen LogP contribution < -0.4 is 4.72 Å². The van der Waals surface area contributed by atoms with E-state index in [9.17, 15) is 8.42 Å². The van der Waals surface area contributed by atoms with E-state index >= 15 is 0 Å². The van der Waals surface area contributed by atoms with Gasteiger partial charge in [-0.05, 0) is 19.8 Å². The molecule has 1 saturated heterocycles. The summed E-state index contributed by atoms with van der Waals surface area (Å²) in [6.45, 7) is 2.81. The maximum absolute atomic E-state index is 11.0. The van der Waals surface area contributed by atoms with Crippen LogP contribution in [-0.4, -0.2) is 33.4 Å². The first-order chi connectivity index (χ1) is 5.64. The lowest BCUT2D eigenvalue weighted by atomic mass is 10.2. The minimum atomic E-state index is -3.04. The SMILES string of the molecule is CCS(=O)(=O)NCC1CCCO1. The van der Waals surface area contributed by atoms with Crippen molar-refractivity contribution in [3.63, 3.8) is 0 Å². The van der Waals surface area contributed by atoms with Gasteiger partial charge in [0, 0.05) is 13.2 Å². The smallest absolute Gasteiger partial charge is 0.211 e. The summed E-state index contributed by atoms with van der Waals surface area (Å²) < 4.78 is 29.7. The fourth-order valence-electron chi connectivity index (χ4n) is 1.13. The second kappa shape index (κ2) is 4.20. The Morgan fingerprint density at radius 2 is 2.33 bits per heavy atom. The Morgan fingerprint density at radius 1 is 1.58 bits per heavy atom. The molecular weight excluding hydrogens is 178 g/mol. The monoisotopic (exact) mass is 193 g/mol. The van der Waals surface area contributed by atoms with Gasteiger partial charge in [0.25, 0.3) is 0 Å². The molecule has 1 atom stereocenters. The highest BCUT2D eigenvalue weighted by molar-refractivity contribution is 7.89. The third kappa shape index (κ3) is 3.08. The molecule has 0 amide bonds. The third-order valence-corrected chi connectivity index (χ3v) is 3.30. The maximum Gasteiger partial charge on any atom is 0.211 e. The molecule has 0 saturated carbocycles. The van der Waals surface area contributed by atoms with Crippen molar-refractivity contribution < 1.29 is 13.2 Å². The van der Waals surface area contributed by atoms with E-state index in [4.69, 9.17) is 4.74 Å². The summed E-state index contributed by atoms with van der Waals surface area (Å²) >= 11 is 0. The Hall–Kier alpha value is -0.130. The Labute approximate surface area is 73.3 Å². The predicted octanol–water partition coefficient (Wildman–Crippen LogP) is 0.105. The minimum Gasteiger partial charge on any atom is -0.377 e. The number of sulfonamides is 1. The van der Waals surface area contributed by atoms with Gasteiger partial charge in [-0.2, -0.15) is 0 Å². The van der Waals surface area contributed by atoms with Crippen LogP contribution in [0.3, 0.4) is 0 Å². The summed E-state index contributed by atoms with van der Waals surface area (Å²) in [4.78, 5) is 0. The molecule has 1 unspecified atom stereocenters. The van der Waals surface area contributed by atoms with Crippen LogP contribution in [0.2, 0.25) is 0 Å². The van der Waals surface area contributed by atoms with Crippen LogP contribution in [0.25, 0.3) is 0 Å². The molecule has 1 heterocycles. The summed E-state index contributed by atoms with van der Waals surface area (Å²) in [7, 11) is -3.04. The number of hydrogen-bond donors (Lipinski definition) is 1. The van der Waals surface area contributed by atoms with Gasteiger partial charge >= 0.3 is 0 Å². The van der Waals surface area contributed by atoms with Gasteiger partial charge in [-0.1, -0.05) is 0 Å². The highest BCUT2D eigenvalue weighted by atomic mass is 32.2. The van der Waals surface area contributed by atoms with Gasteiger partial charge in [0.15, 0.2) is 0 Å². The molecule has 4 nitrogen and oxygen atoms in total. The Kier molecular flexibility index (Phi) is 3.49. The van der Waals surface area contributed by atoms with Crippen LogP contribution in [0, 0.1) is 0 Å².